The summed E-state index contributed by atoms with van der Waals surface area (Å²) in [6.45, 7) is 4.72. The molecule has 3 aromatic rings. The lowest BCUT2D eigenvalue weighted by Crippen LogP contribution is -2.13. The van der Waals surface area contributed by atoms with Crippen LogP contribution in [0.15, 0.2) is 36.7 Å². The molecule has 3 rings (SSSR count). The second-order valence-electron chi connectivity index (χ2n) is 5.17. The number of aromatic nitrogens is 4. The summed E-state index contributed by atoms with van der Waals surface area (Å²) in [5.74, 6) is 1.09. The summed E-state index contributed by atoms with van der Waals surface area (Å²) in [6, 6.07) is 8.42. The Morgan fingerprint density at radius 2 is 2.10 bits per heavy atom. The van der Waals surface area contributed by atoms with Crippen LogP contribution in [-0.4, -0.2) is 25.9 Å². The number of rotatable bonds is 6. The average molecular weight is 283 g/mol. The minimum Gasteiger partial charge on any atom is -0.338 e. The second-order valence-corrected chi connectivity index (χ2v) is 5.17. The molecule has 2 aromatic heterocycles. The van der Waals surface area contributed by atoms with E-state index in [0.717, 1.165) is 37.6 Å². The largest absolute Gasteiger partial charge is 0.338 e. The average Bonchev–Trinajstić information content (AvgIpc) is 3.07. The topological polar surface area (TPSA) is 47.7 Å². The summed E-state index contributed by atoms with van der Waals surface area (Å²) in [4.78, 5) is 4.38. The highest BCUT2D eigenvalue weighted by molar-refractivity contribution is 5.81. The fraction of sp³-hybridized carbons (Fsp3) is 0.375. The maximum absolute atomic E-state index is 4.77. The van der Waals surface area contributed by atoms with E-state index in [1.54, 1.807) is 0 Å². The van der Waals surface area contributed by atoms with Gasteiger partial charge in [0, 0.05) is 44.3 Å². The van der Waals surface area contributed by atoms with Crippen molar-refractivity contribution in [2.45, 2.75) is 26.4 Å². The third-order valence-electron chi connectivity index (χ3n) is 3.75. The number of hydrogen-bond acceptors (Lipinski definition) is 3. The maximum atomic E-state index is 4.77. The zero-order valence-electron chi connectivity index (χ0n) is 12.6. The van der Waals surface area contributed by atoms with Crippen molar-refractivity contribution in [2.24, 2.45) is 7.05 Å². The zero-order valence-corrected chi connectivity index (χ0v) is 12.6. The van der Waals surface area contributed by atoms with Gasteiger partial charge < -0.3 is 9.88 Å². The molecule has 0 atom stereocenters. The van der Waals surface area contributed by atoms with Gasteiger partial charge >= 0.3 is 0 Å². The van der Waals surface area contributed by atoms with E-state index in [1.807, 2.05) is 19.4 Å². The Morgan fingerprint density at radius 1 is 1.24 bits per heavy atom. The lowest BCUT2D eigenvalue weighted by atomic mass is 10.2. The summed E-state index contributed by atoms with van der Waals surface area (Å²) in [7, 11) is 2.03. The van der Waals surface area contributed by atoms with Crippen LogP contribution in [0.3, 0.4) is 0 Å². The van der Waals surface area contributed by atoms with Crippen LogP contribution in [-0.2, 0) is 26.6 Å². The first-order valence-electron chi connectivity index (χ1n) is 7.41. The monoisotopic (exact) mass is 283 g/mol. The van der Waals surface area contributed by atoms with Crippen molar-refractivity contribution in [3.63, 3.8) is 0 Å². The van der Waals surface area contributed by atoms with Gasteiger partial charge in [0.15, 0.2) is 0 Å². The fourth-order valence-electron chi connectivity index (χ4n) is 2.58. The minimum atomic E-state index is 0.812. The minimum absolute atomic E-state index is 0.812. The van der Waals surface area contributed by atoms with Gasteiger partial charge in [-0.2, -0.15) is 5.10 Å². The first-order valence-corrected chi connectivity index (χ1v) is 7.41. The Morgan fingerprint density at radius 3 is 2.86 bits per heavy atom. The molecule has 0 spiro atoms. The highest BCUT2D eigenvalue weighted by Gasteiger charge is 2.10. The van der Waals surface area contributed by atoms with Crippen molar-refractivity contribution in [1.29, 1.82) is 0 Å². The van der Waals surface area contributed by atoms with Crippen LogP contribution in [0.25, 0.3) is 10.9 Å². The van der Waals surface area contributed by atoms with E-state index in [-0.39, 0.29) is 0 Å². The lowest BCUT2D eigenvalue weighted by Gasteiger charge is -2.04. The molecule has 5 heteroatoms. The van der Waals surface area contributed by atoms with Crippen molar-refractivity contribution in [2.75, 3.05) is 6.54 Å². The molecular weight excluding hydrogens is 262 g/mol. The number of aryl methyl sites for hydroxylation is 3. The Bertz CT molecular complexity index is 725. The summed E-state index contributed by atoms with van der Waals surface area (Å²) in [5, 5.41) is 9.36. The van der Waals surface area contributed by atoms with E-state index < -0.39 is 0 Å². The Hall–Kier alpha value is -2.14. The molecule has 0 saturated carbocycles. The first kappa shape index (κ1) is 13.8. The van der Waals surface area contributed by atoms with Gasteiger partial charge in [0.25, 0.3) is 0 Å². The molecule has 0 saturated heterocycles. The Balaban J connectivity index is 1.86. The summed E-state index contributed by atoms with van der Waals surface area (Å²) < 4.78 is 4.15. The predicted molar refractivity (Wildman–Crippen MR) is 84.0 cm³/mol. The fourth-order valence-corrected chi connectivity index (χ4v) is 2.58. The number of benzene rings is 1. The summed E-state index contributed by atoms with van der Waals surface area (Å²) in [6.07, 6.45) is 4.70. The van der Waals surface area contributed by atoms with Gasteiger partial charge in [-0.25, -0.2) is 4.98 Å². The van der Waals surface area contributed by atoms with Crippen LogP contribution < -0.4 is 5.32 Å². The van der Waals surface area contributed by atoms with Gasteiger partial charge in [-0.1, -0.05) is 25.1 Å². The van der Waals surface area contributed by atoms with Gasteiger partial charge in [-0.3, -0.25) is 4.68 Å². The Labute approximate surface area is 124 Å². The van der Waals surface area contributed by atoms with Gasteiger partial charge in [-0.15, -0.1) is 0 Å². The van der Waals surface area contributed by atoms with E-state index in [9.17, 15) is 0 Å². The van der Waals surface area contributed by atoms with Crippen LogP contribution in [0, 0.1) is 0 Å². The smallest absolute Gasteiger partial charge is 0.110 e. The van der Waals surface area contributed by atoms with Crippen LogP contribution in [0.2, 0.25) is 0 Å². The van der Waals surface area contributed by atoms with Crippen molar-refractivity contribution in [1.82, 2.24) is 24.6 Å². The molecule has 0 aliphatic carbocycles. The van der Waals surface area contributed by atoms with E-state index in [0.29, 0.717) is 0 Å². The van der Waals surface area contributed by atoms with Crippen molar-refractivity contribution < 1.29 is 0 Å². The first-order chi connectivity index (χ1) is 10.3. The van der Waals surface area contributed by atoms with E-state index >= 15 is 0 Å². The molecule has 1 N–H and O–H groups in total. The molecule has 21 heavy (non-hydrogen) atoms. The van der Waals surface area contributed by atoms with E-state index in [2.05, 4.69) is 50.7 Å². The van der Waals surface area contributed by atoms with E-state index in [1.165, 1.54) is 10.9 Å². The van der Waals surface area contributed by atoms with E-state index in [4.69, 9.17) is 5.10 Å². The number of nitrogens with zero attached hydrogens (tertiary/aromatic N) is 4. The number of para-hydroxylation sites is 1. The molecule has 110 valence electrons. The molecule has 0 amide bonds. The van der Waals surface area contributed by atoms with Crippen LogP contribution in [0.4, 0.5) is 0 Å². The standard InChI is InChI=1S/C16H21N5/c1-3-17-12-14-13-6-4-5-7-15(13)21(19-14)10-8-16-18-9-11-20(16)2/h4-7,9,11,17H,3,8,10,12H2,1-2H3. The molecule has 0 aliphatic heterocycles. The molecule has 1 aromatic carbocycles. The highest BCUT2D eigenvalue weighted by Crippen LogP contribution is 2.18. The normalized spacial score (nSPS) is 11.3. The SMILES string of the molecule is CCNCc1nn(CCc2nccn2C)c2ccccc12. The zero-order chi connectivity index (χ0) is 14.7. The molecule has 2 heterocycles. The quantitative estimate of drug-likeness (QED) is 0.754. The van der Waals surface area contributed by atoms with Gasteiger partial charge in [0.05, 0.1) is 11.2 Å². The molecule has 5 nitrogen and oxygen atoms in total. The Kier molecular flexibility index (Phi) is 4.01. The number of nitrogens with one attached hydrogen (secondary N) is 1. The molecule has 0 fully saturated rings. The third-order valence-corrected chi connectivity index (χ3v) is 3.75. The third kappa shape index (κ3) is 2.83. The van der Waals surface area contributed by atoms with Gasteiger partial charge in [-0.05, 0) is 12.6 Å². The van der Waals surface area contributed by atoms with Crippen LogP contribution >= 0.6 is 0 Å². The van der Waals surface area contributed by atoms with Gasteiger partial charge in [0.2, 0.25) is 0 Å². The van der Waals surface area contributed by atoms with Crippen molar-refractivity contribution >= 4 is 10.9 Å². The highest BCUT2D eigenvalue weighted by atomic mass is 15.3. The van der Waals surface area contributed by atoms with Crippen molar-refractivity contribution in [3.8, 4) is 0 Å². The summed E-state index contributed by atoms with van der Waals surface area (Å²) in [5.41, 5.74) is 2.31. The maximum Gasteiger partial charge on any atom is 0.110 e. The number of imidazole rings is 1. The molecular formula is C16H21N5. The second kappa shape index (κ2) is 6.10. The predicted octanol–water partition coefficient (Wildman–Crippen LogP) is 2.12. The molecule has 0 unspecified atom stereocenters. The lowest BCUT2D eigenvalue weighted by molar-refractivity contribution is 0.590. The van der Waals surface area contributed by atoms with Crippen LogP contribution in [0.1, 0.15) is 18.4 Å². The number of fused-ring (bicyclic) bond motifs is 1. The molecule has 0 aliphatic rings. The summed E-state index contributed by atoms with van der Waals surface area (Å²) >= 11 is 0. The van der Waals surface area contributed by atoms with Crippen molar-refractivity contribution in [3.05, 3.63) is 48.2 Å². The van der Waals surface area contributed by atoms with Crippen LogP contribution in [0.5, 0.6) is 0 Å². The number of hydrogen-bond donors (Lipinski definition) is 1. The molecule has 0 radical (unpaired) electrons. The molecule has 0 bridgehead atoms. The van der Waals surface area contributed by atoms with Gasteiger partial charge in [0.1, 0.15) is 5.82 Å².